The summed E-state index contributed by atoms with van der Waals surface area (Å²) in [5.41, 5.74) is 2.86. The van der Waals surface area contributed by atoms with Gasteiger partial charge in [0.05, 0.1) is 17.8 Å². The fourth-order valence-corrected chi connectivity index (χ4v) is 3.79. The van der Waals surface area contributed by atoms with Gasteiger partial charge in [-0.1, -0.05) is 78.3 Å². The number of benzene rings is 4. The summed E-state index contributed by atoms with van der Waals surface area (Å²) in [7, 11) is 1.59. The quantitative estimate of drug-likeness (QED) is 0.177. The lowest BCUT2D eigenvalue weighted by Gasteiger charge is -2.14. The van der Waals surface area contributed by atoms with Gasteiger partial charge in [0.25, 0.3) is 5.91 Å². The van der Waals surface area contributed by atoms with Crippen LogP contribution in [0.15, 0.2) is 103 Å². The maximum atomic E-state index is 12.7. The Balaban J connectivity index is 1.45. The van der Waals surface area contributed by atoms with E-state index >= 15 is 0 Å². The molecule has 0 fully saturated rings. The number of amides is 1. The van der Waals surface area contributed by atoms with Crippen molar-refractivity contribution in [2.24, 2.45) is 0 Å². The lowest BCUT2D eigenvalue weighted by Crippen LogP contribution is -2.13. The van der Waals surface area contributed by atoms with Crippen molar-refractivity contribution in [3.63, 3.8) is 0 Å². The van der Waals surface area contributed by atoms with Crippen molar-refractivity contribution in [3.8, 4) is 23.3 Å². The maximum Gasteiger partial charge on any atom is 0.266 e. The number of carbonyl (C=O) groups excluding carboxylic acids is 1. The minimum Gasteiger partial charge on any atom is -0.493 e. The zero-order valence-corrected chi connectivity index (χ0v) is 21.4. The Kier molecular flexibility index (Phi) is 9.01. The van der Waals surface area contributed by atoms with E-state index < -0.39 is 5.91 Å². The van der Waals surface area contributed by atoms with Crippen LogP contribution >= 0.6 is 11.6 Å². The van der Waals surface area contributed by atoms with Gasteiger partial charge in [-0.2, -0.15) is 5.26 Å². The highest BCUT2D eigenvalue weighted by molar-refractivity contribution is 6.34. The number of carbonyl (C=O) groups is 1. The molecule has 7 heteroatoms. The van der Waals surface area contributed by atoms with Crippen LogP contribution in [-0.2, 0) is 18.0 Å². The Morgan fingerprint density at radius 3 is 2.29 bits per heavy atom. The summed E-state index contributed by atoms with van der Waals surface area (Å²) in [4.78, 5) is 12.7. The molecule has 0 bridgehead atoms. The monoisotopic (exact) mass is 524 g/mol. The van der Waals surface area contributed by atoms with Crippen LogP contribution in [0.3, 0.4) is 0 Å². The highest BCUT2D eigenvalue weighted by Crippen LogP contribution is 2.30. The maximum absolute atomic E-state index is 12.7. The number of hydrogen-bond acceptors (Lipinski definition) is 5. The Morgan fingerprint density at radius 2 is 1.53 bits per heavy atom. The summed E-state index contributed by atoms with van der Waals surface area (Å²) >= 11 is 6.12. The van der Waals surface area contributed by atoms with Gasteiger partial charge in [-0.3, -0.25) is 4.79 Å². The van der Waals surface area contributed by atoms with Gasteiger partial charge in [-0.05, 0) is 47.5 Å². The van der Waals surface area contributed by atoms with Crippen LogP contribution in [0, 0.1) is 11.3 Å². The number of nitriles is 1. The standard InChI is InChI=1S/C31H25ClN2O4/c1-36-30-17-23(15-16-29(30)38-20-22-9-3-2-4-10-22)21-37-28-14-8-5-11-24(28)18-25(19-33)31(35)34-27-13-7-6-12-26(27)32/h2-18H,20-21H2,1H3,(H,34,35)/b25-18+. The normalized spacial score (nSPS) is 10.8. The van der Waals surface area contributed by atoms with E-state index in [1.807, 2.05) is 66.7 Å². The SMILES string of the molecule is COc1cc(COc2ccccc2/C=C(\C#N)C(=O)Nc2ccccc2Cl)ccc1OCc1ccccc1. The van der Waals surface area contributed by atoms with E-state index in [0.717, 1.165) is 11.1 Å². The van der Waals surface area contributed by atoms with E-state index in [1.165, 1.54) is 6.08 Å². The van der Waals surface area contributed by atoms with Crippen LogP contribution in [0.5, 0.6) is 17.2 Å². The van der Waals surface area contributed by atoms with Crippen LogP contribution in [0.25, 0.3) is 6.08 Å². The van der Waals surface area contributed by atoms with Gasteiger partial charge in [0.1, 0.15) is 30.6 Å². The molecule has 4 rings (SSSR count). The molecule has 0 atom stereocenters. The summed E-state index contributed by atoms with van der Waals surface area (Å²) in [6.45, 7) is 0.673. The van der Waals surface area contributed by atoms with Crippen LogP contribution in [0.4, 0.5) is 5.69 Å². The first kappa shape index (κ1) is 26.3. The highest BCUT2D eigenvalue weighted by Gasteiger charge is 2.13. The topological polar surface area (TPSA) is 80.6 Å². The summed E-state index contributed by atoms with van der Waals surface area (Å²) in [6.07, 6.45) is 1.49. The van der Waals surface area contributed by atoms with Crippen molar-refractivity contribution >= 4 is 29.3 Å². The number of methoxy groups -OCH3 is 1. The Hall–Kier alpha value is -4.73. The number of hydrogen-bond donors (Lipinski definition) is 1. The van der Waals surface area contributed by atoms with Gasteiger partial charge in [0.15, 0.2) is 11.5 Å². The van der Waals surface area contributed by atoms with E-state index in [0.29, 0.717) is 40.1 Å². The molecule has 0 heterocycles. The summed E-state index contributed by atoms with van der Waals surface area (Å²) in [5.74, 6) is 1.19. The third kappa shape index (κ3) is 6.94. The number of halogens is 1. The number of nitrogens with zero attached hydrogens (tertiary/aromatic N) is 1. The summed E-state index contributed by atoms with van der Waals surface area (Å²) < 4.78 is 17.5. The molecule has 0 aliphatic heterocycles. The molecule has 0 saturated heterocycles. The van der Waals surface area contributed by atoms with Gasteiger partial charge in [-0.25, -0.2) is 0 Å². The van der Waals surface area contributed by atoms with Gasteiger partial charge < -0.3 is 19.5 Å². The van der Waals surface area contributed by atoms with E-state index in [4.69, 9.17) is 25.8 Å². The lowest BCUT2D eigenvalue weighted by atomic mass is 10.1. The first-order valence-electron chi connectivity index (χ1n) is 11.8. The third-order valence-electron chi connectivity index (χ3n) is 5.57. The molecule has 6 nitrogen and oxygen atoms in total. The van der Waals surface area contributed by atoms with Gasteiger partial charge in [-0.15, -0.1) is 0 Å². The second-order valence-electron chi connectivity index (χ2n) is 8.19. The van der Waals surface area contributed by atoms with Crippen molar-refractivity contribution in [2.75, 3.05) is 12.4 Å². The fraction of sp³-hybridized carbons (Fsp3) is 0.0968. The predicted octanol–water partition coefficient (Wildman–Crippen LogP) is 7.05. The molecular weight excluding hydrogens is 500 g/mol. The molecule has 4 aromatic rings. The first-order valence-corrected chi connectivity index (χ1v) is 12.2. The minimum absolute atomic E-state index is 0.0810. The molecule has 0 unspecified atom stereocenters. The molecular formula is C31H25ClN2O4. The van der Waals surface area contributed by atoms with Crippen molar-refractivity contribution < 1.29 is 19.0 Å². The number of anilines is 1. The number of ether oxygens (including phenoxy) is 3. The van der Waals surface area contributed by atoms with Crippen molar-refractivity contribution in [3.05, 3.63) is 124 Å². The molecule has 0 aromatic heterocycles. The molecule has 1 amide bonds. The molecule has 0 saturated carbocycles. The smallest absolute Gasteiger partial charge is 0.266 e. The Bertz CT molecular complexity index is 1480. The van der Waals surface area contributed by atoms with Gasteiger partial charge >= 0.3 is 0 Å². The van der Waals surface area contributed by atoms with E-state index in [2.05, 4.69) is 5.32 Å². The molecule has 0 spiro atoms. The Morgan fingerprint density at radius 1 is 0.842 bits per heavy atom. The van der Waals surface area contributed by atoms with E-state index in [1.54, 1.807) is 43.5 Å². The molecule has 1 N–H and O–H groups in total. The summed E-state index contributed by atoms with van der Waals surface area (Å²) in [5, 5.41) is 12.7. The zero-order valence-electron chi connectivity index (χ0n) is 20.7. The second-order valence-corrected chi connectivity index (χ2v) is 8.60. The zero-order chi connectivity index (χ0) is 26.7. The molecule has 0 aliphatic rings. The fourth-order valence-electron chi connectivity index (χ4n) is 3.60. The first-order chi connectivity index (χ1) is 18.6. The van der Waals surface area contributed by atoms with Crippen molar-refractivity contribution in [2.45, 2.75) is 13.2 Å². The molecule has 4 aromatic carbocycles. The lowest BCUT2D eigenvalue weighted by molar-refractivity contribution is -0.112. The average molecular weight is 525 g/mol. The number of rotatable bonds is 10. The van der Waals surface area contributed by atoms with Crippen molar-refractivity contribution in [1.82, 2.24) is 0 Å². The predicted molar refractivity (Wildman–Crippen MR) is 148 cm³/mol. The van der Waals surface area contributed by atoms with E-state index in [-0.39, 0.29) is 12.2 Å². The van der Waals surface area contributed by atoms with Crippen LogP contribution in [-0.4, -0.2) is 13.0 Å². The third-order valence-corrected chi connectivity index (χ3v) is 5.90. The van der Waals surface area contributed by atoms with Crippen LogP contribution in [0.1, 0.15) is 16.7 Å². The molecule has 0 radical (unpaired) electrons. The minimum atomic E-state index is -0.564. The molecule has 0 aliphatic carbocycles. The number of para-hydroxylation sites is 2. The average Bonchev–Trinajstić information content (AvgIpc) is 2.96. The van der Waals surface area contributed by atoms with Gasteiger partial charge in [0, 0.05) is 5.56 Å². The Labute approximate surface area is 226 Å². The van der Waals surface area contributed by atoms with E-state index in [9.17, 15) is 10.1 Å². The molecule has 38 heavy (non-hydrogen) atoms. The largest absolute Gasteiger partial charge is 0.493 e. The molecule has 190 valence electrons. The van der Waals surface area contributed by atoms with Gasteiger partial charge in [0.2, 0.25) is 0 Å². The highest BCUT2D eigenvalue weighted by atomic mass is 35.5. The second kappa shape index (κ2) is 13.0. The number of nitrogens with one attached hydrogen (secondary N) is 1. The van der Waals surface area contributed by atoms with Crippen LogP contribution < -0.4 is 19.5 Å². The van der Waals surface area contributed by atoms with Crippen LogP contribution in [0.2, 0.25) is 5.02 Å². The summed E-state index contributed by atoms with van der Waals surface area (Å²) in [6, 6.07) is 31.5. The van der Waals surface area contributed by atoms with Crippen molar-refractivity contribution in [1.29, 1.82) is 5.26 Å².